The molecule has 4 aromatic rings. The van der Waals surface area contributed by atoms with E-state index >= 15 is 0 Å². The summed E-state index contributed by atoms with van der Waals surface area (Å²) in [5.74, 6) is 3.88. The minimum absolute atomic E-state index is 0.101. The Bertz CT molecular complexity index is 1700. The molecule has 1 aliphatic carbocycles. The molecule has 2 aromatic carbocycles. The maximum atomic E-state index is 14.7. The number of aromatic carboxylic acids is 1. The molecule has 2 aromatic heterocycles. The van der Waals surface area contributed by atoms with E-state index in [1.807, 2.05) is 0 Å². The summed E-state index contributed by atoms with van der Waals surface area (Å²) in [5.41, 5.74) is 3.32. The summed E-state index contributed by atoms with van der Waals surface area (Å²) in [5, 5.41) is 16.1. The molecule has 11 heteroatoms. The van der Waals surface area contributed by atoms with Gasteiger partial charge in [0.2, 0.25) is 5.13 Å². The standard InChI is InChI=1S/C30H27F2N3O4S2/c1-2-3-4-5-6-20-16-21(10-11-23(20)31)28-22(13-19-9-12-27(41(38)39)24(32)14-19)26(15-18-7-8-18)35(34-28)30-33-25(17-40-30)29(36)37/h9-12,14,16-18H,2-4,7-8,13,15H2,1H3,(H,36,37)(H,38,39)/p-1. The normalized spacial score (nSPS) is 13.6. The van der Waals surface area contributed by atoms with Crippen molar-refractivity contribution in [3.05, 3.63) is 81.5 Å². The van der Waals surface area contributed by atoms with Crippen molar-refractivity contribution in [1.29, 1.82) is 0 Å². The quantitative estimate of drug-likeness (QED) is 0.131. The Morgan fingerprint density at radius 1 is 1.22 bits per heavy atom. The van der Waals surface area contributed by atoms with Gasteiger partial charge in [0, 0.05) is 29.3 Å². The number of carboxylic acid groups (broad SMARTS) is 1. The molecule has 0 amide bonds. The van der Waals surface area contributed by atoms with Gasteiger partial charge in [-0.1, -0.05) is 31.3 Å². The van der Waals surface area contributed by atoms with Gasteiger partial charge in [-0.15, -0.1) is 11.3 Å². The number of thiazole rings is 1. The molecule has 1 fully saturated rings. The van der Waals surface area contributed by atoms with Crippen LogP contribution in [0.15, 0.2) is 46.7 Å². The van der Waals surface area contributed by atoms with Crippen LogP contribution in [0.2, 0.25) is 0 Å². The van der Waals surface area contributed by atoms with Crippen molar-refractivity contribution in [3.8, 4) is 28.2 Å². The summed E-state index contributed by atoms with van der Waals surface area (Å²) >= 11 is -1.57. The molecule has 1 N–H and O–H groups in total. The van der Waals surface area contributed by atoms with Gasteiger partial charge in [-0.25, -0.2) is 23.2 Å². The zero-order chi connectivity index (χ0) is 29.1. The molecule has 0 radical (unpaired) electrons. The van der Waals surface area contributed by atoms with E-state index in [9.17, 15) is 27.4 Å². The number of halogens is 2. The number of rotatable bonds is 10. The highest BCUT2D eigenvalue weighted by molar-refractivity contribution is 7.79. The number of carboxylic acids is 1. The van der Waals surface area contributed by atoms with Crippen LogP contribution in [-0.2, 0) is 23.9 Å². The maximum absolute atomic E-state index is 14.7. The van der Waals surface area contributed by atoms with E-state index in [-0.39, 0.29) is 17.7 Å². The number of hydrogen-bond acceptors (Lipinski definition) is 6. The van der Waals surface area contributed by atoms with Crippen molar-refractivity contribution < 1.29 is 27.4 Å². The van der Waals surface area contributed by atoms with Crippen molar-refractivity contribution in [2.24, 2.45) is 5.92 Å². The highest BCUT2D eigenvalue weighted by Crippen LogP contribution is 2.38. The Morgan fingerprint density at radius 3 is 2.68 bits per heavy atom. The molecular formula is C30H26F2N3O4S2-. The van der Waals surface area contributed by atoms with Gasteiger partial charge in [0.15, 0.2) is 5.69 Å². The van der Waals surface area contributed by atoms with Crippen molar-refractivity contribution in [1.82, 2.24) is 14.8 Å². The fourth-order valence-electron chi connectivity index (χ4n) is 4.51. The summed E-state index contributed by atoms with van der Waals surface area (Å²) in [6.45, 7) is 2.06. The molecule has 1 unspecified atom stereocenters. The molecule has 1 atom stereocenters. The number of nitrogens with zero attached hydrogens (tertiary/aromatic N) is 3. The Morgan fingerprint density at radius 2 is 2.02 bits per heavy atom. The highest BCUT2D eigenvalue weighted by atomic mass is 32.2. The van der Waals surface area contributed by atoms with Gasteiger partial charge in [-0.2, -0.15) is 5.10 Å². The van der Waals surface area contributed by atoms with Gasteiger partial charge in [-0.3, -0.25) is 4.21 Å². The van der Waals surface area contributed by atoms with Crippen LogP contribution < -0.4 is 0 Å². The first-order chi connectivity index (χ1) is 19.7. The molecule has 2 heterocycles. The topological polar surface area (TPSA) is 108 Å². The third-order valence-corrected chi connectivity index (χ3v) is 8.34. The average Bonchev–Trinajstić information content (AvgIpc) is 3.50. The predicted molar refractivity (Wildman–Crippen MR) is 151 cm³/mol. The minimum Gasteiger partial charge on any atom is -0.768 e. The molecule has 1 saturated carbocycles. The first-order valence-corrected chi connectivity index (χ1v) is 15.2. The van der Waals surface area contributed by atoms with Gasteiger partial charge in [0.05, 0.1) is 21.8 Å². The van der Waals surface area contributed by atoms with E-state index in [1.54, 1.807) is 22.9 Å². The van der Waals surface area contributed by atoms with Crippen LogP contribution in [-0.4, -0.2) is 34.6 Å². The number of hydrogen-bond donors (Lipinski definition) is 1. The second-order valence-corrected chi connectivity index (χ2v) is 11.7. The predicted octanol–water partition coefficient (Wildman–Crippen LogP) is 6.30. The van der Waals surface area contributed by atoms with Gasteiger partial charge in [0.1, 0.15) is 11.6 Å². The van der Waals surface area contributed by atoms with Crippen LogP contribution in [0.25, 0.3) is 16.4 Å². The lowest BCUT2D eigenvalue weighted by molar-refractivity contribution is 0.0691. The lowest BCUT2D eigenvalue weighted by Crippen LogP contribution is -2.06. The summed E-state index contributed by atoms with van der Waals surface area (Å²) in [6.07, 6.45) is 5.46. The fraction of sp³-hybridized carbons (Fsp3) is 0.300. The van der Waals surface area contributed by atoms with E-state index in [0.717, 1.165) is 48.3 Å². The first kappa shape index (κ1) is 28.8. The van der Waals surface area contributed by atoms with Crippen LogP contribution in [0, 0.1) is 29.4 Å². The smallest absolute Gasteiger partial charge is 0.355 e. The summed E-state index contributed by atoms with van der Waals surface area (Å²) in [6, 6.07) is 8.55. The Balaban J connectivity index is 1.66. The molecule has 0 bridgehead atoms. The van der Waals surface area contributed by atoms with Crippen LogP contribution in [0.3, 0.4) is 0 Å². The fourth-order valence-corrected chi connectivity index (χ4v) is 5.68. The van der Waals surface area contributed by atoms with E-state index in [1.165, 1.54) is 23.6 Å². The second-order valence-electron chi connectivity index (χ2n) is 9.93. The highest BCUT2D eigenvalue weighted by Gasteiger charge is 2.29. The SMILES string of the molecule is CCCCC#Cc1cc(-c2nn(-c3nc(C(=O)O)cs3)c(CC3CC3)c2Cc2ccc(S(=O)[O-])c(F)c2)ccc1F. The first-order valence-electron chi connectivity index (χ1n) is 13.2. The Hall–Kier alpha value is -3.72. The Kier molecular flexibility index (Phi) is 8.73. The molecule has 0 spiro atoms. The van der Waals surface area contributed by atoms with Crippen LogP contribution in [0.4, 0.5) is 8.78 Å². The molecule has 1 aliphatic rings. The second kappa shape index (κ2) is 12.4. The van der Waals surface area contributed by atoms with Crippen molar-refractivity contribution in [3.63, 3.8) is 0 Å². The van der Waals surface area contributed by atoms with Gasteiger partial charge >= 0.3 is 5.97 Å². The van der Waals surface area contributed by atoms with Crippen molar-refractivity contribution in [2.75, 3.05) is 0 Å². The third kappa shape index (κ3) is 6.62. The molecule has 5 rings (SSSR count). The van der Waals surface area contributed by atoms with Crippen LogP contribution in [0.1, 0.15) is 71.9 Å². The third-order valence-electron chi connectivity index (χ3n) is 6.84. The van der Waals surface area contributed by atoms with Gasteiger partial charge in [-0.05, 0) is 78.6 Å². The molecular weight excluding hydrogens is 568 g/mol. The number of unbranched alkanes of at least 4 members (excludes halogenated alkanes) is 2. The van der Waals surface area contributed by atoms with Gasteiger partial charge < -0.3 is 9.66 Å². The van der Waals surface area contributed by atoms with Gasteiger partial charge in [0.25, 0.3) is 0 Å². The zero-order valence-electron chi connectivity index (χ0n) is 22.2. The lowest BCUT2D eigenvalue weighted by atomic mass is 9.96. The van der Waals surface area contributed by atoms with E-state index in [0.29, 0.717) is 40.7 Å². The lowest BCUT2D eigenvalue weighted by Gasteiger charge is -2.11. The maximum Gasteiger partial charge on any atom is 0.355 e. The van der Waals surface area contributed by atoms with E-state index in [2.05, 4.69) is 23.7 Å². The minimum atomic E-state index is -2.71. The number of carbonyl (C=O) groups is 1. The number of aromatic nitrogens is 3. The molecule has 212 valence electrons. The van der Waals surface area contributed by atoms with E-state index < -0.39 is 33.6 Å². The van der Waals surface area contributed by atoms with Crippen molar-refractivity contribution in [2.45, 2.75) is 56.8 Å². The van der Waals surface area contributed by atoms with E-state index in [4.69, 9.17) is 5.10 Å². The summed E-state index contributed by atoms with van der Waals surface area (Å²) < 4.78 is 53.7. The summed E-state index contributed by atoms with van der Waals surface area (Å²) in [7, 11) is 0. The zero-order valence-corrected chi connectivity index (χ0v) is 23.8. The molecule has 7 nitrogen and oxygen atoms in total. The van der Waals surface area contributed by atoms with Crippen molar-refractivity contribution >= 4 is 28.4 Å². The average molecular weight is 595 g/mol. The largest absolute Gasteiger partial charge is 0.768 e. The monoisotopic (exact) mass is 594 g/mol. The summed E-state index contributed by atoms with van der Waals surface area (Å²) in [4.78, 5) is 15.4. The van der Waals surface area contributed by atoms with Crippen LogP contribution in [0.5, 0.6) is 0 Å². The number of benzene rings is 2. The van der Waals surface area contributed by atoms with Crippen LogP contribution >= 0.6 is 11.3 Å². The molecule has 41 heavy (non-hydrogen) atoms. The molecule has 0 saturated heterocycles. The molecule has 0 aliphatic heterocycles. The Labute approximate surface area is 242 Å².